The predicted octanol–water partition coefficient (Wildman–Crippen LogP) is 2.90. The molecule has 1 aliphatic carbocycles. The third-order valence-corrected chi connectivity index (χ3v) is 4.33. The van der Waals surface area contributed by atoms with Crippen LogP contribution in [-0.4, -0.2) is 11.4 Å². The Bertz CT molecular complexity index is 443. The van der Waals surface area contributed by atoms with E-state index in [0.717, 1.165) is 29.3 Å². The zero-order valence-electron chi connectivity index (χ0n) is 10.6. The average Bonchev–Trinajstić information content (AvgIpc) is 2.27. The van der Waals surface area contributed by atoms with Crippen molar-refractivity contribution >= 4 is 21.8 Å². The molecule has 0 saturated heterocycles. The monoisotopic (exact) mass is 310 g/mol. The number of rotatable bonds is 4. The zero-order valence-corrected chi connectivity index (χ0v) is 12.2. The average molecular weight is 311 g/mol. The van der Waals surface area contributed by atoms with Crippen LogP contribution in [0.25, 0.3) is 0 Å². The maximum atomic E-state index is 11.9. The van der Waals surface area contributed by atoms with E-state index in [9.17, 15) is 4.79 Å². The lowest BCUT2D eigenvalue weighted by Gasteiger charge is -2.37. The van der Waals surface area contributed by atoms with Gasteiger partial charge in [-0.05, 0) is 37.8 Å². The van der Waals surface area contributed by atoms with Crippen LogP contribution in [0.1, 0.15) is 44.2 Å². The summed E-state index contributed by atoms with van der Waals surface area (Å²) >= 11 is 3.50. The highest BCUT2D eigenvalue weighted by Crippen LogP contribution is 2.32. The van der Waals surface area contributed by atoms with Gasteiger partial charge in [-0.15, -0.1) is 0 Å². The number of amides is 1. The summed E-state index contributed by atoms with van der Waals surface area (Å²) in [5.41, 5.74) is 6.91. The highest BCUT2D eigenvalue weighted by atomic mass is 79.9. The lowest BCUT2D eigenvalue weighted by atomic mass is 9.75. The number of nitrogens with two attached hydrogens (primary N) is 1. The van der Waals surface area contributed by atoms with Gasteiger partial charge in [0, 0.05) is 16.4 Å². The van der Waals surface area contributed by atoms with Crippen LogP contribution in [0.15, 0.2) is 28.7 Å². The minimum Gasteiger partial charge on any atom is -0.349 e. The van der Waals surface area contributed by atoms with Crippen LogP contribution < -0.4 is 11.1 Å². The summed E-state index contributed by atoms with van der Waals surface area (Å²) in [5.74, 6) is 0.0421. The molecule has 0 radical (unpaired) electrons. The quantitative estimate of drug-likeness (QED) is 0.898. The fourth-order valence-electron chi connectivity index (χ4n) is 2.32. The highest BCUT2D eigenvalue weighted by Gasteiger charge is 2.34. The summed E-state index contributed by atoms with van der Waals surface area (Å²) in [6.45, 7) is 1.99. The summed E-state index contributed by atoms with van der Waals surface area (Å²) in [5, 5.41) is 3.01. The SMILES string of the molecule is C[C@H](NC(=O)CC1(N)CCC1)c1ccccc1Br. The van der Waals surface area contributed by atoms with Gasteiger partial charge in [0.05, 0.1) is 6.04 Å². The summed E-state index contributed by atoms with van der Waals surface area (Å²) in [7, 11) is 0. The molecule has 1 saturated carbocycles. The van der Waals surface area contributed by atoms with Gasteiger partial charge in [-0.2, -0.15) is 0 Å². The summed E-state index contributed by atoms with van der Waals surface area (Å²) in [6, 6.07) is 7.92. The zero-order chi connectivity index (χ0) is 13.2. The van der Waals surface area contributed by atoms with Crippen molar-refractivity contribution in [3.05, 3.63) is 34.3 Å². The van der Waals surface area contributed by atoms with Crippen molar-refractivity contribution in [2.45, 2.75) is 44.2 Å². The second-order valence-corrected chi connectivity index (χ2v) is 6.06. The molecule has 0 aliphatic heterocycles. The summed E-state index contributed by atoms with van der Waals surface area (Å²) in [6.07, 6.45) is 3.50. The van der Waals surface area contributed by atoms with Crippen molar-refractivity contribution in [2.24, 2.45) is 5.73 Å². The fourth-order valence-corrected chi connectivity index (χ4v) is 2.95. The van der Waals surface area contributed by atoms with E-state index < -0.39 is 0 Å². The molecule has 1 atom stereocenters. The van der Waals surface area contributed by atoms with Crippen LogP contribution in [0, 0.1) is 0 Å². The van der Waals surface area contributed by atoms with Gasteiger partial charge in [-0.25, -0.2) is 0 Å². The molecule has 2 rings (SSSR count). The van der Waals surface area contributed by atoms with Gasteiger partial charge in [0.2, 0.25) is 5.91 Å². The first-order chi connectivity index (χ1) is 8.50. The van der Waals surface area contributed by atoms with Crippen molar-refractivity contribution in [3.63, 3.8) is 0 Å². The first-order valence-electron chi connectivity index (χ1n) is 6.33. The van der Waals surface area contributed by atoms with E-state index >= 15 is 0 Å². The standard InChI is InChI=1S/C14H19BrN2O/c1-10(11-5-2-3-6-12(11)15)17-13(18)9-14(16)7-4-8-14/h2-3,5-6,10H,4,7-9,16H2,1H3,(H,17,18)/t10-/m0/s1. The normalized spacial score (nSPS) is 18.8. The number of hydrogen-bond donors (Lipinski definition) is 2. The number of benzene rings is 1. The first-order valence-corrected chi connectivity index (χ1v) is 7.12. The maximum absolute atomic E-state index is 11.9. The Balaban J connectivity index is 1.93. The summed E-state index contributed by atoms with van der Waals surface area (Å²) < 4.78 is 1.02. The minimum absolute atomic E-state index is 0.00301. The van der Waals surface area contributed by atoms with Gasteiger partial charge in [-0.3, -0.25) is 4.79 Å². The van der Waals surface area contributed by atoms with E-state index in [1.807, 2.05) is 31.2 Å². The molecule has 18 heavy (non-hydrogen) atoms. The largest absolute Gasteiger partial charge is 0.349 e. The van der Waals surface area contributed by atoms with Gasteiger partial charge in [0.25, 0.3) is 0 Å². The van der Waals surface area contributed by atoms with Gasteiger partial charge in [0.15, 0.2) is 0 Å². The molecule has 0 bridgehead atoms. The Labute approximate surface area is 116 Å². The number of carbonyl (C=O) groups excluding carboxylic acids is 1. The van der Waals surface area contributed by atoms with E-state index in [2.05, 4.69) is 21.2 Å². The van der Waals surface area contributed by atoms with Crippen molar-refractivity contribution < 1.29 is 4.79 Å². The Hall–Kier alpha value is -0.870. The number of halogens is 1. The minimum atomic E-state index is -0.252. The van der Waals surface area contributed by atoms with E-state index in [0.29, 0.717) is 6.42 Å². The van der Waals surface area contributed by atoms with Crippen LogP contribution in [0.4, 0.5) is 0 Å². The second-order valence-electron chi connectivity index (χ2n) is 5.20. The van der Waals surface area contributed by atoms with Gasteiger partial charge in [0.1, 0.15) is 0 Å². The molecule has 3 nitrogen and oxygen atoms in total. The molecule has 0 spiro atoms. The van der Waals surface area contributed by atoms with Gasteiger partial charge < -0.3 is 11.1 Å². The van der Waals surface area contributed by atoms with E-state index in [1.165, 1.54) is 0 Å². The molecule has 98 valence electrons. The number of nitrogens with one attached hydrogen (secondary N) is 1. The van der Waals surface area contributed by atoms with Crippen LogP contribution in [0.2, 0.25) is 0 Å². The highest BCUT2D eigenvalue weighted by molar-refractivity contribution is 9.10. The van der Waals surface area contributed by atoms with Gasteiger partial charge in [-0.1, -0.05) is 34.1 Å². The first kappa shape index (κ1) is 13.6. The molecule has 1 fully saturated rings. The van der Waals surface area contributed by atoms with Crippen molar-refractivity contribution in [3.8, 4) is 0 Å². The van der Waals surface area contributed by atoms with E-state index in [4.69, 9.17) is 5.73 Å². The Kier molecular flexibility index (Phi) is 4.07. The molecular formula is C14H19BrN2O. The molecule has 0 aromatic heterocycles. The second kappa shape index (κ2) is 5.41. The van der Waals surface area contributed by atoms with Crippen molar-refractivity contribution in [1.82, 2.24) is 5.32 Å². The van der Waals surface area contributed by atoms with Crippen LogP contribution in [0.5, 0.6) is 0 Å². The maximum Gasteiger partial charge on any atom is 0.222 e. The predicted molar refractivity (Wildman–Crippen MR) is 76.1 cm³/mol. The molecule has 1 amide bonds. The molecule has 1 aliphatic rings. The van der Waals surface area contributed by atoms with E-state index in [1.54, 1.807) is 0 Å². The van der Waals surface area contributed by atoms with Crippen LogP contribution in [0.3, 0.4) is 0 Å². The molecule has 0 unspecified atom stereocenters. The van der Waals surface area contributed by atoms with E-state index in [-0.39, 0.29) is 17.5 Å². The lowest BCUT2D eigenvalue weighted by molar-refractivity contribution is -0.123. The fraction of sp³-hybridized carbons (Fsp3) is 0.500. The van der Waals surface area contributed by atoms with Crippen LogP contribution >= 0.6 is 15.9 Å². The molecule has 4 heteroatoms. The van der Waals surface area contributed by atoms with Crippen LogP contribution in [-0.2, 0) is 4.79 Å². The number of carbonyl (C=O) groups is 1. The lowest BCUT2D eigenvalue weighted by Crippen LogP contribution is -2.50. The third kappa shape index (κ3) is 3.12. The molecule has 1 aromatic carbocycles. The smallest absolute Gasteiger partial charge is 0.222 e. The molecule has 1 aromatic rings. The van der Waals surface area contributed by atoms with Crippen molar-refractivity contribution in [1.29, 1.82) is 0 Å². The molecule has 3 N–H and O–H groups in total. The van der Waals surface area contributed by atoms with Crippen molar-refractivity contribution in [2.75, 3.05) is 0 Å². The Morgan fingerprint density at radius 3 is 2.72 bits per heavy atom. The molecule has 0 heterocycles. The Morgan fingerprint density at radius 1 is 1.50 bits per heavy atom. The molecular weight excluding hydrogens is 292 g/mol. The topological polar surface area (TPSA) is 55.1 Å². The summed E-state index contributed by atoms with van der Waals surface area (Å²) in [4.78, 5) is 11.9. The Morgan fingerprint density at radius 2 is 2.17 bits per heavy atom. The third-order valence-electron chi connectivity index (χ3n) is 3.61. The number of hydrogen-bond acceptors (Lipinski definition) is 2. The van der Waals surface area contributed by atoms with Gasteiger partial charge >= 0.3 is 0 Å².